The predicted octanol–water partition coefficient (Wildman–Crippen LogP) is 0.185. The summed E-state index contributed by atoms with van der Waals surface area (Å²) in [5.74, 6) is -1.41. The van der Waals surface area contributed by atoms with E-state index in [0.717, 1.165) is 0 Å². The minimum atomic E-state index is -0.788. The van der Waals surface area contributed by atoms with Gasteiger partial charge >= 0.3 is 5.97 Å². The molecule has 6 heteroatoms. The van der Waals surface area contributed by atoms with Gasteiger partial charge in [0.15, 0.2) is 0 Å². The lowest BCUT2D eigenvalue weighted by Crippen LogP contribution is -2.31. The van der Waals surface area contributed by atoms with Crippen LogP contribution in [-0.2, 0) is 9.53 Å². The zero-order valence-corrected chi connectivity index (χ0v) is 11.3. The number of nitrogens with one attached hydrogen (secondary N) is 1. The van der Waals surface area contributed by atoms with Gasteiger partial charge in [0.05, 0.1) is 13.2 Å². The summed E-state index contributed by atoms with van der Waals surface area (Å²) in [5, 5.41) is 11.4. The monoisotopic (exact) mass is 278 g/mol. The van der Waals surface area contributed by atoms with Crippen molar-refractivity contribution in [3.05, 3.63) is 47.3 Å². The van der Waals surface area contributed by atoms with Crippen molar-refractivity contribution in [2.45, 2.75) is 6.92 Å². The number of ketones is 1. The average Bonchev–Trinajstić information content (AvgIpc) is 2.46. The van der Waals surface area contributed by atoms with E-state index in [0.29, 0.717) is 5.56 Å². The molecular weight excluding hydrogens is 260 g/mol. The summed E-state index contributed by atoms with van der Waals surface area (Å²) in [6.07, 6.45) is 0. The highest BCUT2D eigenvalue weighted by Gasteiger charge is 2.24. The summed E-state index contributed by atoms with van der Waals surface area (Å²) in [6.45, 7) is 1.74. The lowest BCUT2D eigenvalue weighted by atomic mass is 10.0. The van der Waals surface area contributed by atoms with Gasteiger partial charge in [-0.3, -0.25) is 4.79 Å². The number of nitrogens with two attached hydrogens (primary N) is 1. The van der Waals surface area contributed by atoms with Gasteiger partial charge in [-0.2, -0.15) is 0 Å². The third-order valence-electron chi connectivity index (χ3n) is 2.44. The van der Waals surface area contributed by atoms with Crippen molar-refractivity contribution in [1.29, 1.82) is 0 Å². The number of rotatable bonds is 7. The lowest BCUT2D eigenvalue weighted by molar-refractivity contribution is -0.138. The molecule has 0 radical (unpaired) electrons. The molecule has 1 aromatic rings. The highest BCUT2D eigenvalue weighted by Crippen LogP contribution is 2.11. The third kappa shape index (κ3) is 4.10. The summed E-state index contributed by atoms with van der Waals surface area (Å²) in [5.41, 5.74) is 5.79. The van der Waals surface area contributed by atoms with Crippen LogP contribution in [0.25, 0.3) is 0 Å². The minimum Gasteiger partial charge on any atom is -0.462 e. The number of carbonyl (C=O) groups excluding carboxylic acids is 2. The predicted molar refractivity (Wildman–Crippen MR) is 73.7 cm³/mol. The van der Waals surface area contributed by atoms with Crippen LogP contribution in [0.3, 0.4) is 0 Å². The number of hydrogen-bond acceptors (Lipinski definition) is 6. The van der Waals surface area contributed by atoms with E-state index >= 15 is 0 Å². The normalized spacial score (nSPS) is 11.5. The highest BCUT2D eigenvalue weighted by molar-refractivity contribution is 6.24. The van der Waals surface area contributed by atoms with Crippen LogP contribution in [0.5, 0.6) is 0 Å². The number of carbonyl (C=O) groups is 2. The van der Waals surface area contributed by atoms with Crippen LogP contribution >= 0.6 is 0 Å². The first-order valence-corrected chi connectivity index (χ1v) is 6.23. The molecule has 0 unspecified atom stereocenters. The molecule has 0 aromatic heterocycles. The van der Waals surface area contributed by atoms with E-state index in [2.05, 4.69) is 5.32 Å². The fourth-order valence-electron chi connectivity index (χ4n) is 1.54. The fourth-order valence-corrected chi connectivity index (χ4v) is 1.54. The lowest BCUT2D eigenvalue weighted by Gasteiger charge is -2.11. The molecule has 0 aliphatic rings. The van der Waals surface area contributed by atoms with Gasteiger partial charge in [0.2, 0.25) is 5.78 Å². The second kappa shape index (κ2) is 7.96. The topological polar surface area (TPSA) is 102 Å². The van der Waals surface area contributed by atoms with E-state index in [1.54, 1.807) is 37.3 Å². The van der Waals surface area contributed by atoms with Gasteiger partial charge in [-0.15, -0.1) is 0 Å². The first kappa shape index (κ1) is 15.7. The van der Waals surface area contributed by atoms with Crippen LogP contribution in [-0.4, -0.2) is 36.6 Å². The van der Waals surface area contributed by atoms with Gasteiger partial charge in [-0.25, -0.2) is 4.79 Å². The first-order chi connectivity index (χ1) is 9.61. The summed E-state index contributed by atoms with van der Waals surface area (Å²) in [4.78, 5) is 24.2. The van der Waals surface area contributed by atoms with Gasteiger partial charge < -0.3 is 20.9 Å². The van der Waals surface area contributed by atoms with Crippen molar-refractivity contribution in [2.75, 3.05) is 19.8 Å². The van der Waals surface area contributed by atoms with Crippen LogP contribution < -0.4 is 11.1 Å². The van der Waals surface area contributed by atoms with Crippen LogP contribution in [0.2, 0.25) is 0 Å². The molecule has 6 nitrogen and oxygen atoms in total. The molecule has 0 saturated heterocycles. The number of hydrogen-bond donors (Lipinski definition) is 3. The van der Waals surface area contributed by atoms with E-state index in [-0.39, 0.29) is 31.2 Å². The van der Waals surface area contributed by atoms with Crippen LogP contribution in [0.15, 0.2) is 41.7 Å². The zero-order chi connectivity index (χ0) is 15.0. The molecule has 0 spiro atoms. The minimum absolute atomic E-state index is 0.105. The molecule has 20 heavy (non-hydrogen) atoms. The standard InChI is InChI=1S/C14H18N2O4/c1-2-20-14(19)11(13(15)16-8-9-17)12(18)10-6-4-3-5-7-10/h3-7,16-17H,2,8-9,15H2,1H3/b13-11+. The summed E-state index contributed by atoms with van der Waals surface area (Å²) < 4.78 is 4.85. The Hall–Kier alpha value is -2.34. The summed E-state index contributed by atoms with van der Waals surface area (Å²) in [6, 6.07) is 8.31. The molecule has 0 bridgehead atoms. The molecule has 4 N–H and O–H groups in total. The van der Waals surface area contributed by atoms with E-state index in [4.69, 9.17) is 15.6 Å². The molecular formula is C14H18N2O4. The van der Waals surface area contributed by atoms with Crippen molar-refractivity contribution >= 4 is 11.8 Å². The number of aliphatic hydroxyl groups is 1. The molecule has 0 aliphatic carbocycles. The second-order valence-electron chi connectivity index (χ2n) is 3.85. The van der Waals surface area contributed by atoms with E-state index in [9.17, 15) is 9.59 Å². The maximum atomic E-state index is 12.3. The molecule has 0 aliphatic heterocycles. The Labute approximate surface area is 117 Å². The number of Topliss-reactive ketones (excluding diaryl/α,β-unsaturated/α-hetero) is 1. The van der Waals surface area contributed by atoms with E-state index < -0.39 is 11.8 Å². The van der Waals surface area contributed by atoms with E-state index in [1.165, 1.54) is 0 Å². The SMILES string of the molecule is CCOC(=O)/C(C(=O)c1ccccc1)=C(\N)NCCO. The molecule has 0 atom stereocenters. The molecule has 0 heterocycles. The van der Waals surface area contributed by atoms with Crippen LogP contribution in [0, 0.1) is 0 Å². The largest absolute Gasteiger partial charge is 0.462 e. The van der Waals surface area contributed by atoms with Crippen molar-refractivity contribution in [2.24, 2.45) is 5.73 Å². The van der Waals surface area contributed by atoms with Gasteiger partial charge in [0.25, 0.3) is 0 Å². The Bertz CT molecular complexity index is 497. The van der Waals surface area contributed by atoms with Crippen molar-refractivity contribution < 1.29 is 19.4 Å². The Balaban J connectivity index is 3.10. The molecule has 108 valence electrons. The maximum Gasteiger partial charge on any atom is 0.345 e. The Kier molecular flexibility index (Phi) is 6.25. The van der Waals surface area contributed by atoms with Crippen molar-refractivity contribution in [1.82, 2.24) is 5.32 Å². The Morgan fingerprint density at radius 1 is 1.30 bits per heavy atom. The molecule has 0 fully saturated rings. The molecule has 0 saturated carbocycles. The fraction of sp³-hybridized carbons (Fsp3) is 0.286. The second-order valence-corrected chi connectivity index (χ2v) is 3.85. The smallest absolute Gasteiger partial charge is 0.345 e. The highest BCUT2D eigenvalue weighted by atomic mass is 16.5. The van der Waals surface area contributed by atoms with Crippen molar-refractivity contribution in [3.63, 3.8) is 0 Å². The van der Waals surface area contributed by atoms with Gasteiger partial charge in [-0.1, -0.05) is 30.3 Å². The number of benzene rings is 1. The number of ether oxygens (including phenoxy) is 1. The molecule has 1 aromatic carbocycles. The van der Waals surface area contributed by atoms with E-state index in [1.807, 2.05) is 0 Å². The quantitative estimate of drug-likeness (QED) is 0.216. The summed E-state index contributed by atoms with van der Waals surface area (Å²) >= 11 is 0. The average molecular weight is 278 g/mol. The molecule has 1 rings (SSSR count). The van der Waals surface area contributed by atoms with Crippen LogP contribution in [0.1, 0.15) is 17.3 Å². The van der Waals surface area contributed by atoms with Gasteiger partial charge in [0, 0.05) is 12.1 Å². The number of esters is 1. The third-order valence-corrected chi connectivity index (χ3v) is 2.44. The maximum absolute atomic E-state index is 12.3. The Morgan fingerprint density at radius 2 is 1.95 bits per heavy atom. The first-order valence-electron chi connectivity index (χ1n) is 6.23. The number of aliphatic hydroxyl groups excluding tert-OH is 1. The van der Waals surface area contributed by atoms with Gasteiger partial charge in [-0.05, 0) is 6.92 Å². The molecule has 0 amide bonds. The van der Waals surface area contributed by atoms with Crippen molar-refractivity contribution in [3.8, 4) is 0 Å². The zero-order valence-electron chi connectivity index (χ0n) is 11.3. The Morgan fingerprint density at radius 3 is 2.50 bits per heavy atom. The van der Waals surface area contributed by atoms with Crippen LogP contribution in [0.4, 0.5) is 0 Å². The summed E-state index contributed by atoms with van der Waals surface area (Å²) in [7, 11) is 0. The van der Waals surface area contributed by atoms with Gasteiger partial charge in [0.1, 0.15) is 11.4 Å².